The molecule has 1 fully saturated rings. The number of carbonyl (C=O) groups is 1. The lowest BCUT2D eigenvalue weighted by atomic mass is 10.2. The molecule has 0 aliphatic carbocycles. The van der Waals surface area contributed by atoms with Crippen LogP contribution in [0.25, 0.3) is 0 Å². The highest BCUT2D eigenvalue weighted by molar-refractivity contribution is 5.94. The van der Waals surface area contributed by atoms with Gasteiger partial charge in [0.1, 0.15) is 11.6 Å². The maximum absolute atomic E-state index is 12.4. The third-order valence-electron chi connectivity index (χ3n) is 4.43. The SMILES string of the molecule is COc1cccc(C)c1NC(=O)CN1CCN(c2ccccn2)CC1. The zero-order chi connectivity index (χ0) is 17.6. The van der Waals surface area contributed by atoms with E-state index in [4.69, 9.17) is 4.74 Å². The third kappa shape index (κ3) is 4.28. The second-order valence-corrected chi connectivity index (χ2v) is 6.15. The summed E-state index contributed by atoms with van der Waals surface area (Å²) in [6.45, 7) is 5.77. The number of benzene rings is 1. The van der Waals surface area contributed by atoms with E-state index in [1.807, 2.05) is 49.5 Å². The van der Waals surface area contributed by atoms with E-state index >= 15 is 0 Å². The molecule has 0 spiro atoms. The van der Waals surface area contributed by atoms with Crippen molar-refractivity contribution < 1.29 is 9.53 Å². The Morgan fingerprint density at radius 3 is 2.64 bits per heavy atom. The molecule has 6 nitrogen and oxygen atoms in total. The fraction of sp³-hybridized carbons (Fsp3) is 0.368. The van der Waals surface area contributed by atoms with Crippen molar-refractivity contribution in [3.63, 3.8) is 0 Å². The summed E-state index contributed by atoms with van der Waals surface area (Å²) in [4.78, 5) is 21.2. The zero-order valence-corrected chi connectivity index (χ0v) is 14.7. The van der Waals surface area contributed by atoms with Gasteiger partial charge in [0.25, 0.3) is 0 Å². The summed E-state index contributed by atoms with van der Waals surface area (Å²) in [5.74, 6) is 1.67. The molecule has 0 radical (unpaired) electrons. The first-order valence-electron chi connectivity index (χ1n) is 8.49. The molecule has 25 heavy (non-hydrogen) atoms. The Hall–Kier alpha value is -2.60. The first-order valence-corrected chi connectivity index (χ1v) is 8.49. The van der Waals surface area contributed by atoms with Gasteiger partial charge in [-0.2, -0.15) is 0 Å². The lowest BCUT2D eigenvalue weighted by Crippen LogP contribution is -2.48. The van der Waals surface area contributed by atoms with Crippen LogP contribution in [0.5, 0.6) is 5.75 Å². The molecule has 1 amide bonds. The van der Waals surface area contributed by atoms with Crippen LogP contribution in [0.2, 0.25) is 0 Å². The van der Waals surface area contributed by atoms with Crippen LogP contribution in [-0.4, -0.2) is 55.6 Å². The molecule has 0 unspecified atom stereocenters. The molecule has 0 bridgehead atoms. The van der Waals surface area contributed by atoms with E-state index in [0.717, 1.165) is 43.2 Å². The van der Waals surface area contributed by atoms with Gasteiger partial charge in [0, 0.05) is 32.4 Å². The third-order valence-corrected chi connectivity index (χ3v) is 4.43. The maximum atomic E-state index is 12.4. The molecule has 1 aromatic carbocycles. The van der Waals surface area contributed by atoms with Crippen LogP contribution in [0, 0.1) is 6.92 Å². The number of amides is 1. The average molecular weight is 340 g/mol. The van der Waals surface area contributed by atoms with Crippen molar-refractivity contribution in [2.24, 2.45) is 0 Å². The average Bonchev–Trinajstić information content (AvgIpc) is 2.65. The lowest BCUT2D eigenvalue weighted by molar-refractivity contribution is -0.117. The van der Waals surface area contributed by atoms with Gasteiger partial charge < -0.3 is 15.0 Å². The van der Waals surface area contributed by atoms with Gasteiger partial charge in [-0.15, -0.1) is 0 Å². The van der Waals surface area contributed by atoms with Crippen LogP contribution in [0.15, 0.2) is 42.6 Å². The fourth-order valence-electron chi connectivity index (χ4n) is 3.03. The number of pyridine rings is 1. The number of hydrogen-bond donors (Lipinski definition) is 1. The number of rotatable bonds is 5. The minimum Gasteiger partial charge on any atom is -0.495 e. The molecule has 1 aliphatic rings. The second-order valence-electron chi connectivity index (χ2n) is 6.15. The molecule has 6 heteroatoms. The zero-order valence-electron chi connectivity index (χ0n) is 14.7. The normalized spacial score (nSPS) is 15.0. The van der Waals surface area contributed by atoms with E-state index in [2.05, 4.69) is 20.1 Å². The first-order chi connectivity index (χ1) is 12.2. The van der Waals surface area contributed by atoms with Gasteiger partial charge in [0.05, 0.1) is 19.3 Å². The van der Waals surface area contributed by atoms with Crippen LogP contribution in [0.1, 0.15) is 5.56 Å². The van der Waals surface area contributed by atoms with Crippen molar-refractivity contribution in [2.45, 2.75) is 6.92 Å². The summed E-state index contributed by atoms with van der Waals surface area (Å²) in [5, 5.41) is 2.99. The molecule has 2 heterocycles. The molecule has 1 N–H and O–H groups in total. The van der Waals surface area contributed by atoms with Crippen molar-refractivity contribution in [1.82, 2.24) is 9.88 Å². The standard InChI is InChI=1S/C19H24N4O2/c1-15-6-5-7-16(25-2)19(15)21-18(24)14-22-10-12-23(13-11-22)17-8-3-4-9-20-17/h3-9H,10-14H2,1-2H3,(H,21,24). The van der Waals surface area contributed by atoms with Crippen molar-refractivity contribution in [3.05, 3.63) is 48.2 Å². The van der Waals surface area contributed by atoms with Gasteiger partial charge in [-0.25, -0.2) is 4.98 Å². The van der Waals surface area contributed by atoms with Gasteiger partial charge in [0.2, 0.25) is 5.91 Å². The summed E-state index contributed by atoms with van der Waals surface area (Å²) >= 11 is 0. The molecule has 1 aliphatic heterocycles. The number of piperazine rings is 1. The minimum absolute atomic E-state index is 0.0149. The molecule has 0 saturated carbocycles. The number of anilines is 2. The largest absolute Gasteiger partial charge is 0.495 e. The Kier molecular flexibility index (Phi) is 5.50. The lowest BCUT2D eigenvalue weighted by Gasteiger charge is -2.35. The number of aromatic nitrogens is 1. The van der Waals surface area contributed by atoms with Crippen LogP contribution >= 0.6 is 0 Å². The van der Waals surface area contributed by atoms with Crippen LogP contribution in [0.3, 0.4) is 0 Å². The van der Waals surface area contributed by atoms with Gasteiger partial charge in [0.15, 0.2) is 0 Å². The van der Waals surface area contributed by atoms with E-state index in [-0.39, 0.29) is 5.91 Å². The van der Waals surface area contributed by atoms with Crippen molar-refractivity contribution in [1.29, 1.82) is 0 Å². The van der Waals surface area contributed by atoms with E-state index in [9.17, 15) is 4.79 Å². The van der Waals surface area contributed by atoms with Crippen molar-refractivity contribution >= 4 is 17.4 Å². The molecule has 0 atom stereocenters. The van der Waals surface area contributed by atoms with Crippen molar-refractivity contribution in [2.75, 3.05) is 50.1 Å². The number of methoxy groups -OCH3 is 1. The second kappa shape index (κ2) is 7.98. The summed E-state index contributed by atoms with van der Waals surface area (Å²) in [7, 11) is 1.61. The topological polar surface area (TPSA) is 57.7 Å². The van der Waals surface area contributed by atoms with Gasteiger partial charge in [-0.1, -0.05) is 18.2 Å². The van der Waals surface area contributed by atoms with E-state index in [0.29, 0.717) is 12.3 Å². The Bertz CT molecular complexity index is 713. The number of hydrogen-bond acceptors (Lipinski definition) is 5. The number of ether oxygens (including phenoxy) is 1. The fourth-order valence-corrected chi connectivity index (χ4v) is 3.03. The van der Waals surface area contributed by atoms with Gasteiger partial charge in [-0.05, 0) is 30.7 Å². The van der Waals surface area contributed by atoms with E-state index in [1.165, 1.54) is 0 Å². The summed E-state index contributed by atoms with van der Waals surface area (Å²) in [5.41, 5.74) is 1.75. The van der Waals surface area contributed by atoms with E-state index in [1.54, 1.807) is 7.11 Å². The molecule has 1 saturated heterocycles. The minimum atomic E-state index is -0.0149. The quantitative estimate of drug-likeness (QED) is 0.904. The van der Waals surface area contributed by atoms with Crippen molar-refractivity contribution in [3.8, 4) is 5.75 Å². The molecule has 3 rings (SSSR count). The number of carbonyl (C=O) groups excluding carboxylic acids is 1. The molecule has 2 aromatic rings. The summed E-state index contributed by atoms with van der Waals surface area (Å²) in [6.07, 6.45) is 1.81. The van der Waals surface area contributed by atoms with Crippen LogP contribution in [-0.2, 0) is 4.79 Å². The Labute approximate surface area is 148 Å². The highest BCUT2D eigenvalue weighted by Gasteiger charge is 2.20. The van der Waals surface area contributed by atoms with Gasteiger partial charge in [-0.3, -0.25) is 9.69 Å². The van der Waals surface area contributed by atoms with Crippen LogP contribution in [0.4, 0.5) is 11.5 Å². The van der Waals surface area contributed by atoms with Crippen LogP contribution < -0.4 is 15.0 Å². The monoisotopic (exact) mass is 340 g/mol. The van der Waals surface area contributed by atoms with E-state index < -0.39 is 0 Å². The molecular weight excluding hydrogens is 316 g/mol. The number of nitrogens with zero attached hydrogens (tertiary/aromatic N) is 3. The number of aryl methyl sites for hydroxylation is 1. The Morgan fingerprint density at radius 1 is 1.16 bits per heavy atom. The molecular formula is C19H24N4O2. The Balaban J connectivity index is 1.53. The smallest absolute Gasteiger partial charge is 0.238 e. The predicted octanol–water partition coefficient (Wildman–Crippen LogP) is 2.16. The molecule has 132 valence electrons. The highest BCUT2D eigenvalue weighted by atomic mass is 16.5. The number of para-hydroxylation sites is 1. The molecule has 1 aromatic heterocycles. The number of nitrogens with one attached hydrogen (secondary N) is 1. The Morgan fingerprint density at radius 2 is 1.96 bits per heavy atom. The predicted molar refractivity (Wildman–Crippen MR) is 99.3 cm³/mol. The van der Waals surface area contributed by atoms with Gasteiger partial charge >= 0.3 is 0 Å². The highest BCUT2D eigenvalue weighted by Crippen LogP contribution is 2.27. The first kappa shape index (κ1) is 17.2. The summed E-state index contributed by atoms with van der Waals surface area (Å²) in [6, 6.07) is 11.7. The maximum Gasteiger partial charge on any atom is 0.238 e. The summed E-state index contributed by atoms with van der Waals surface area (Å²) < 4.78 is 5.34.